The summed E-state index contributed by atoms with van der Waals surface area (Å²) in [6.07, 6.45) is 0. The van der Waals surface area contributed by atoms with E-state index in [0.29, 0.717) is 5.95 Å². The summed E-state index contributed by atoms with van der Waals surface area (Å²) in [5, 5.41) is 3.82. The lowest BCUT2D eigenvalue weighted by molar-refractivity contribution is 1.27. The molecule has 4 aromatic rings. The Morgan fingerprint density at radius 3 is 1.63 bits per heavy atom. The normalized spacial score (nSPS) is 11.5. The van der Waals surface area contributed by atoms with Gasteiger partial charge in [-0.2, -0.15) is 4.98 Å². The zero-order valence-electron chi connectivity index (χ0n) is 15.6. The highest BCUT2D eigenvalue weighted by molar-refractivity contribution is 8.01. The van der Waals surface area contributed by atoms with Gasteiger partial charge in [-0.25, -0.2) is 0 Å². The Morgan fingerprint density at radius 2 is 1.19 bits per heavy atom. The number of nitrogens with one attached hydrogen (secondary N) is 1. The number of rotatable bonds is 4. The summed E-state index contributed by atoms with van der Waals surface area (Å²) in [5.41, 5.74) is 9.40. The maximum Gasteiger partial charge on any atom is 0.220 e. The van der Waals surface area contributed by atoms with Gasteiger partial charge in [0.05, 0.1) is 5.69 Å². The topological polar surface area (TPSA) is 54.7 Å². The number of anilines is 1. The van der Waals surface area contributed by atoms with Gasteiger partial charge in [-0.05, 0) is 50.2 Å². The minimum Gasteiger partial charge on any atom is -0.369 e. The number of aryl methyl sites for hydroxylation is 2. The number of hydrogen-bond donors (Lipinski definition) is 2. The lowest BCUT2D eigenvalue weighted by Crippen LogP contribution is -2.40. The van der Waals surface area contributed by atoms with Crippen LogP contribution in [-0.4, -0.2) is 9.97 Å². The summed E-state index contributed by atoms with van der Waals surface area (Å²) in [7, 11) is -2.16. The largest absolute Gasteiger partial charge is 0.369 e. The van der Waals surface area contributed by atoms with Gasteiger partial charge in [0.1, 0.15) is 15.9 Å². The number of aromatic nitrogens is 2. The first-order valence-electron chi connectivity index (χ1n) is 9.02. The number of nitrogens with two attached hydrogens (primary N) is 1. The number of imidazole rings is 1. The van der Waals surface area contributed by atoms with E-state index in [4.69, 9.17) is 10.7 Å². The summed E-state index contributed by atoms with van der Waals surface area (Å²) in [6.45, 7) is 4.18. The predicted molar refractivity (Wildman–Crippen MR) is 117 cm³/mol. The molecule has 0 aliphatic heterocycles. The monoisotopic (exact) mass is 372 g/mol. The van der Waals surface area contributed by atoms with Crippen LogP contribution in [0.2, 0.25) is 0 Å². The average Bonchev–Trinajstić information content (AvgIpc) is 3.04. The van der Waals surface area contributed by atoms with Crippen molar-refractivity contribution >= 4 is 34.6 Å². The van der Waals surface area contributed by atoms with Crippen LogP contribution >= 0.6 is 7.26 Å². The Labute approximate surface area is 160 Å². The third kappa shape index (κ3) is 2.94. The van der Waals surface area contributed by atoms with Gasteiger partial charge in [0.15, 0.2) is 7.26 Å². The number of benzene rings is 3. The van der Waals surface area contributed by atoms with Gasteiger partial charge in [-0.1, -0.05) is 54.1 Å². The fourth-order valence-corrected chi connectivity index (χ4v) is 7.97. The maximum atomic E-state index is 6.09. The first-order chi connectivity index (χ1) is 13.1. The smallest absolute Gasteiger partial charge is 0.220 e. The quantitative estimate of drug-likeness (QED) is 0.541. The standard InChI is InChI=1S/C23H23N3P/c1-17-13-15-21(16-14-17)27(19-9-5-3-6-10-19,20-11-7-4-8-12-20)22-18(2)25-23(24)26-22/h3-16H,1-2H3,(H3,24,25,26)/q+1. The van der Waals surface area contributed by atoms with Gasteiger partial charge < -0.3 is 10.7 Å². The molecule has 0 aliphatic carbocycles. The van der Waals surface area contributed by atoms with E-state index in [0.717, 1.165) is 11.1 Å². The Kier molecular flexibility index (Phi) is 4.55. The van der Waals surface area contributed by atoms with Gasteiger partial charge in [0.25, 0.3) is 0 Å². The number of aromatic amines is 1. The molecule has 4 heteroatoms. The molecule has 1 heterocycles. The zero-order chi connectivity index (χ0) is 18.9. The van der Waals surface area contributed by atoms with Crippen molar-refractivity contribution in [1.29, 1.82) is 0 Å². The Balaban J connectivity index is 2.15. The molecule has 0 saturated heterocycles. The van der Waals surface area contributed by atoms with E-state index >= 15 is 0 Å². The van der Waals surface area contributed by atoms with Crippen LogP contribution in [0.1, 0.15) is 11.3 Å². The molecule has 0 saturated carbocycles. The molecule has 0 fully saturated rings. The van der Waals surface area contributed by atoms with Gasteiger partial charge >= 0.3 is 0 Å². The molecule has 0 unspecified atom stereocenters. The van der Waals surface area contributed by atoms with Crippen molar-refractivity contribution < 1.29 is 0 Å². The van der Waals surface area contributed by atoms with E-state index in [2.05, 4.69) is 104 Å². The summed E-state index contributed by atoms with van der Waals surface area (Å²) in [4.78, 5) is 8.03. The van der Waals surface area contributed by atoms with Crippen LogP contribution in [0.4, 0.5) is 5.95 Å². The molecule has 3 aromatic carbocycles. The Hall–Kier alpha value is -2.90. The van der Waals surface area contributed by atoms with Crippen molar-refractivity contribution in [3.05, 3.63) is 96.2 Å². The highest BCUT2D eigenvalue weighted by atomic mass is 31.2. The lowest BCUT2D eigenvalue weighted by atomic mass is 10.2. The molecule has 0 atom stereocenters. The summed E-state index contributed by atoms with van der Waals surface area (Å²) in [5.74, 6) is 0.464. The SMILES string of the molecule is Cc1ccc([P+](c2ccccc2)(c2ccccc2)c2nc(N)[nH]c2C)cc1. The molecule has 0 radical (unpaired) electrons. The number of H-pyrrole nitrogens is 1. The molecule has 3 N–H and O–H groups in total. The second-order valence-electron chi connectivity index (χ2n) is 6.75. The molecule has 0 spiro atoms. The van der Waals surface area contributed by atoms with Gasteiger partial charge in [-0.3, -0.25) is 0 Å². The van der Waals surface area contributed by atoms with Crippen molar-refractivity contribution in [2.24, 2.45) is 0 Å². The highest BCUT2D eigenvalue weighted by Crippen LogP contribution is 2.54. The van der Waals surface area contributed by atoms with Gasteiger partial charge in [0.2, 0.25) is 11.4 Å². The Morgan fingerprint density at radius 1 is 0.704 bits per heavy atom. The van der Waals surface area contributed by atoms with Gasteiger partial charge in [-0.15, -0.1) is 0 Å². The molecule has 0 amide bonds. The molecule has 0 bridgehead atoms. The highest BCUT2D eigenvalue weighted by Gasteiger charge is 2.51. The molecule has 0 aliphatic rings. The van der Waals surface area contributed by atoms with Crippen molar-refractivity contribution in [2.45, 2.75) is 13.8 Å². The number of nitrogens with zero attached hydrogens (tertiary/aromatic N) is 1. The zero-order valence-corrected chi connectivity index (χ0v) is 16.4. The van der Waals surface area contributed by atoms with E-state index in [1.54, 1.807) is 0 Å². The van der Waals surface area contributed by atoms with Crippen molar-refractivity contribution in [2.75, 3.05) is 5.73 Å². The van der Waals surface area contributed by atoms with Crippen LogP contribution in [0.3, 0.4) is 0 Å². The molecule has 27 heavy (non-hydrogen) atoms. The fourth-order valence-electron chi connectivity index (χ4n) is 3.69. The minimum atomic E-state index is -2.16. The van der Waals surface area contributed by atoms with E-state index in [9.17, 15) is 0 Å². The molecule has 4 rings (SSSR count). The van der Waals surface area contributed by atoms with Crippen LogP contribution in [0.15, 0.2) is 84.9 Å². The molecule has 1 aromatic heterocycles. The fraction of sp³-hybridized carbons (Fsp3) is 0.0870. The first kappa shape index (κ1) is 17.5. The Bertz CT molecular complexity index is 999. The third-order valence-corrected chi connectivity index (χ3v) is 9.19. The van der Waals surface area contributed by atoms with Crippen LogP contribution in [0.25, 0.3) is 0 Å². The average molecular weight is 372 g/mol. The van der Waals surface area contributed by atoms with Crippen LogP contribution in [-0.2, 0) is 0 Å². The molecule has 134 valence electrons. The summed E-state index contributed by atoms with van der Waals surface area (Å²) >= 11 is 0. The second-order valence-corrected chi connectivity index (χ2v) is 10.1. The lowest BCUT2D eigenvalue weighted by Gasteiger charge is -2.26. The van der Waals surface area contributed by atoms with Crippen LogP contribution in [0, 0.1) is 13.8 Å². The van der Waals surface area contributed by atoms with Gasteiger partial charge in [0, 0.05) is 0 Å². The van der Waals surface area contributed by atoms with E-state index in [1.807, 2.05) is 0 Å². The van der Waals surface area contributed by atoms with Crippen molar-refractivity contribution in [3.8, 4) is 0 Å². The van der Waals surface area contributed by atoms with Crippen LogP contribution in [0.5, 0.6) is 0 Å². The van der Waals surface area contributed by atoms with E-state index in [1.165, 1.54) is 21.5 Å². The second kappa shape index (κ2) is 7.02. The van der Waals surface area contributed by atoms with Crippen molar-refractivity contribution in [1.82, 2.24) is 9.97 Å². The summed E-state index contributed by atoms with van der Waals surface area (Å²) in [6, 6.07) is 30.2. The van der Waals surface area contributed by atoms with E-state index < -0.39 is 7.26 Å². The predicted octanol–water partition coefficient (Wildman–Crippen LogP) is 3.23. The van der Waals surface area contributed by atoms with E-state index in [-0.39, 0.29) is 0 Å². The molecular weight excluding hydrogens is 349 g/mol. The van der Waals surface area contributed by atoms with Crippen molar-refractivity contribution in [3.63, 3.8) is 0 Å². The van der Waals surface area contributed by atoms with Crippen LogP contribution < -0.4 is 27.1 Å². The number of hydrogen-bond acceptors (Lipinski definition) is 2. The summed E-state index contributed by atoms with van der Waals surface area (Å²) < 4.78 is 0. The first-order valence-corrected chi connectivity index (χ1v) is 10.8. The third-order valence-electron chi connectivity index (χ3n) is 4.90. The maximum absolute atomic E-state index is 6.09. The molecule has 3 nitrogen and oxygen atoms in total. The minimum absolute atomic E-state index is 0.464. The number of nitrogen functional groups attached to an aromatic ring is 1. The molecular formula is C23H23N3P+.